The van der Waals surface area contributed by atoms with E-state index < -0.39 is 97.5 Å². The Balaban J connectivity index is 5.25. The predicted octanol–water partition coefficient (Wildman–Crippen LogP) is 21.8. The third-order valence-corrected chi connectivity index (χ3v) is 19.6. The monoisotopic (exact) mass is 1380 g/mol. The van der Waals surface area contributed by atoms with E-state index in [2.05, 4.69) is 48.5 Å². The van der Waals surface area contributed by atoms with Gasteiger partial charge in [-0.2, -0.15) is 0 Å². The molecule has 0 aliphatic carbocycles. The molecule has 0 amide bonds. The standard InChI is InChI=1S/C75H146O17P2/c1-8-10-11-12-13-14-15-21-28-37-44-51-58-74(79)92-71(63-86-73(78)57-50-43-36-31-30-33-40-47-54-67(5)6)65-90-94(83,84)88-61-69(76)60-87-93(81,82)89-64-70(62-85-72(77)56-49-42-35-27-24-23-25-32-39-46-53-66(3)4)91-75(80)59-52-45-38-29-22-19-17-16-18-20-26-34-41-48-55-68(7)9-2/h66-71,76H,8-65H2,1-7H3,(H,81,82)(H,83,84)/t68?,69-,70-,71-/m1/s1. The number of unbranched alkanes of at least 4 members (excludes halogenated alkanes) is 40. The summed E-state index contributed by atoms with van der Waals surface area (Å²) in [5, 5.41) is 10.6. The van der Waals surface area contributed by atoms with Crippen LogP contribution in [0.4, 0.5) is 0 Å². The predicted molar refractivity (Wildman–Crippen MR) is 381 cm³/mol. The zero-order valence-electron chi connectivity index (χ0n) is 61.4. The number of esters is 4. The average molecular weight is 1380 g/mol. The number of hydrogen-bond acceptors (Lipinski definition) is 15. The van der Waals surface area contributed by atoms with Crippen LogP contribution in [-0.2, 0) is 65.4 Å². The average Bonchev–Trinajstić information content (AvgIpc) is 3.08. The first kappa shape index (κ1) is 92.1. The molecule has 19 heteroatoms. The number of ether oxygens (including phenoxy) is 4. The number of carbonyl (C=O) groups excluding carboxylic acids is 4. The molecule has 0 radical (unpaired) electrons. The highest BCUT2D eigenvalue weighted by Gasteiger charge is 2.30. The summed E-state index contributed by atoms with van der Waals surface area (Å²) in [6.45, 7) is 11.9. The molecule has 0 bridgehead atoms. The van der Waals surface area contributed by atoms with Crippen molar-refractivity contribution in [2.45, 2.75) is 401 Å². The Morgan fingerprint density at radius 1 is 0.309 bits per heavy atom. The van der Waals surface area contributed by atoms with Gasteiger partial charge in [0.25, 0.3) is 0 Å². The van der Waals surface area contributed by atoms with Gasteiger partial charge in [-0.3, -0.25) is 37.3 Å². The second-order valence-corrected chi connectivity index (χ2v) is 31.1. The Morgan fingerprint density at radius 2 is 0.543 bits per heavy atom. The molecule has 0 saturated carbocycles. The van der Waals surface area contributed by atoms with Gasteiger partial charge in [-0.05, 0) is 43.4 Å². The van der Waals surface area contributed by atoms with Crippen molar-refractivity contribution < 1.29 is 80.2 Å². The van der Waals surface area contributed by atoms with Crippen molar-refractivity contribution in [3.05, 3.63) is 0 Å². The van der Waals surface area contributed by atoms with Gasteiger partial charge in [0, 0.05) is 25.7 Å². The molecule has 0 heterocycles. The number of rotatable bonds is 73. The molecule has 0 aromatic rings. The number of carbonyl (C=O) groups is 4. The Morgan fingerprint density at radius 3 is 0.809 bits per heavy atom. The largest absolute Gasteiger partial charge is 0.472 e. The van der Waals surface area contributed by atoms with E-state index in [0.717, 1.165) is 108 Å². The minimum atomic E-state index is -4.96. The molecule has 0 saturated heterocycles. The van der Waals surface area contributed by atoms with Crippen molar-refractivity contribution in [1.29, 1.82) is 0 Å². The summed E-state index contributed by atoms with van der Waals surface area (Å²) in [5.74, 6) is 0.213. The van der Waals surface area contributed by atoms with Crippen LogP contribution in [-0.4, -0.2) is 96.7 Å². The van der Waals surface area contributed by atoms with E-state index in [1.54, 1.807) is 0 Å². The van der Waals surface area contributed by atoms with Crippen LogP contribution in [0.15, 0.2) is 0 Å². The molecule has 0 spiro atoms. The fourth-order valence-electron chi connectivity index (χ4n) is 11.4. The lowest BCUT2D eigenvalue weighted by atomic mass is 9.99. The molecule has 3 N–H and O–H groups in total. The van der Waals surface area contributed by atoms with Crippen molar-refractivity contribution in [1.82, 2.24) is 0 Å². The maximum Gasteiger partial charge on any atom is 0.472 e. The summed E-state index contributed by atoms with van der Waals surface area (Å²) in [4.78, 5) is 72.8. The molecule has 0 aromatic carbocycles. The normalized spacial score (nSPS) is 14.4. The molecular formula is C75H146O17P2. The van der Waals surface area contributed by atoms with Gasteiger partial charge in [0.15, 0.2) is 12.2 Å². The number of phosphoric acid groups is 2. The van der Waals surface area contributed by atoms with E-state index in [9.17, 15) is 43.2 Å². The minimum absolute atomic E-state index is 0.107. The van der Waals surface area contributed by atoms with Crippen LogP contribution in [0.3, 0.4) is 0 Å². The van der Waals surface area contributed by atoms with Gasteiger partial charge in [0.05, 0.1) is 26.4 Å². The SMILES string of the molecule is CCCCCCCCCCCCCCC(=O)O[C@H](COC(=O)CCCCCCCCCCC(C)C)COP(=O)(O)OC[C@H](O)COP(=O)(O)OC[C@@H](COC(=O)CCCCCCCCCCCCC(C)C)OC(=O)CCCCCCCCCCCCCCCCC(C)CC. The lowest BCUT2D eigenvalue weighted by molar-refractivity contribution is -0.161. The molecule has 94 heavy (non-hydrogen) atoms. The van der Waals surface area contributed by atoms with E-state index in [-0.39, 0.29) is 25.7 Å². The molecule has 0 rings (SSSR count). The Labute approximate surface area is 575 Å². The van der Waals surface area contributed by atoms with Crippen molar-refractivity contribution >= 4 is 39.5 Å². The van der Waals surface area contributed by atoms with E-state index in [4.69, 9.17) is 37.0 Å². The molecule has 0 aliphatic heterocycles. The highest BCUT2D eigenvalue weighted by atomic mass is 31.2. The summed E-state index contributed by atoms with van der Waals surface area (Å²) in [6.07, 6.45) is 51.2. The van der Waals surface area contributed by atoms with Crippen LogP contribution in [0.1, 0.15) is 382 Å². The number of aliphatic hydroxyl groups excluding tert-OH is 1. The number of aliphatic hydroxyl groups is 1. The third kappa shape index (κ3) is 67.3. The second-order valence-electron chi connectivity index (χ2n) is 28.2. The van der Waals surface area contributed by atoms with Crippen LogP contribution in [0.25, 0.3) is 0 Å². The summed E-state index contributed by atoms with van der Waals surface area (Å²) in [6, 6.07) is 0. The fraction of sp³-hybridized carbons (Fsp3) is 0.947. The van der Waals surface area contributed by atoms with Crippen molar-refractivity contribution in [3.63, 3.8) is 0 Å². The summed E-state index contributed by atoms with van der Waals surface area (Å²) >= 11 is 0. The van der Waals surface area contributed by atoms with Crippen molar-refractivity contribution in [2.24, 2.45) is 17.8 Å². The summed E-state index contributed by atoms with van der Waals surface area (Å²) < 4.78 is 68.5. The maximum atomic E-state index is 13.1. The van der Waals surface area contributed by atoms with Gasteiger partial charge in [0.2, 0.25) is 0 Å². The highest BCUT2D eigenvalue weighted by Crippen LogP contribution is 2.45. The van der Waals surface area contributed by atoms with Crippen LogP contribution in [0, 0.1) is 17.8 Å². The summed E-state index contributed by atoms with van der Waals surface area (Å²) in [7, 11) is -9.91. The quantitative estimate of drug-likeness (QED) is 0.0222. The lowest BCUT2D eigenvalue weighted by Crippen LogP contribution is -2.30. The number of phosphoric ester groups is 2. The molecule has 17 nitrogen and oxygen atoms in total. The minimum Gasteiger partial charge on any atom is -0.462 e. The van der Waals surface area contributed by atoms with E-state index >= 15 is 0 Å². The topological polar surface area (TPSA) is 237 Å². The lowest BCUT2D eigenvalue weighted by Gasteiger charge is -2.21. The van der Waals surface area contributed by atoms with Gasteiger partial charge >= 0.3 is 39.5 Å². The Kier molecular flexibility index (Phi) is 64.3. The molecular weight excluding hydrogens is 1230 g/mol. The Bertz CT molecular complexity index is 1840. The zero-order chi connectivity index (χ0) is 69.4. The third-order valence-electron chi connectivity index (χ3n) is 17.7. The molecule has 558 valence electrons. The highest BCUT2D eigenvalue weighted by molar-refractivity contribution is 7.47. The van der Waals surface area contributed by atoms with Gasteiger partial charge < -0.3 is 33.8 Å². The molecule has 6 atom stereocenters. The Hall–Kier alpha value is -1.94. The fourth-order valence-corrected chi connectivity index (χ4v) is 13.0. The number of hydrogen-bond donors (Lipinski definition) is 3. The van der Waals surface area contributed by atoms with Gasteiger partial charge in [-0.25, -0.2) is 9.13 Å². The van der Waals surface area contributed by atoms with E-state index in [1.165, 1.54) is 193 Å². The summed E-state index contributed by atoms with van der Waals surface area (Å²) in [5.41, 5.74) is 0. The first-order valence-electron chi connectivity index (χ1n) is 38.9. The smallest absolute Gasteiger partial charge is 0.462 e. The maximum absolute atomic E-state index is 13.1. The first-order chi connectivity index (χ1) is 45.3. The molecule has 0 fully saturated rings. The van der Waals surface area contributed by atoms with Gasteiger partial charge in [-0.15, -0.1) is 0 Å². The van der Waals surface area contributed by atoms with Gasteiger partial charge in [-0.1, -0.05) is 331 Å². The molecule has 0 aliphatic rings. The van der Waals surface area contributed by atoms with E-state index in [0.29, 0.717) is 25.7 Å². The van der Waals surface area contributed by atoms with Crippen LogP contribution in [0.5, 0.6) is 0 Å². The van der Waals surface area contributed by atoms with Crippen molar-refractivity contribution in [2.75, 3.05) is 39.6 Å². The van der Waals surface area contributed by atoms with Crippen molar-refractivity contribution in [3.8, 4) is 0 Å². The first-order valence-corrected chi connectivity index (χ1v) is 41.9. The molecule has 0 aromatic heterocycles. The van der Waals surface area contributed by atoms with Crippen LogP contribution in [0.2, 0.25) is 0 Å². The van der Waals surface area contributed by atoms with Crippen LogP contribution >= 0.6 is 15.6 Å². The zero-order valence-corrected chi connectivity index (χ0v) is 63.2. The molecule has 3 unspecified atom stereocenters. The van der Waals surface area contributed by atoms with Crippen LogP contribution < -0.4 is 0 Å². The van der Waals surface area contributed by atoms with Gasteiger partial charge in [0.1, 0.15) is 19.3 Å². The van der Waals surface area contributed by atoms with E-state index in [1.807, 2.05) is 0 Å². The second kappa shape index (κ2) is 65.7.